The Balaban J connectivity index is 2.02. The molecular weight excluding hydrogens is 361 g/mol. The molecule has 0 fully saturated rings. The van der Waals surface area contributed by atoms with E-state index in [1.54, 1.807) is 19.1 Å². The molecule has 0 saturated heterocycles. The van der Waals surface area contributed by atoms with E-state index in [0.29, 0.717) is 0 Å². The van der Waals surface area contributed by atoms with Gasteiger partial charge in [0.2, 0.25) is 0 Å². The van der Waals surface area contributed by atoms with Crippen molar-refractivity contribution in [1.82, 2.24) is 0 Å². The highest BCUT2D eigenvalue weighted by atomic mass is 35.5. The van der Waals surface area contributed by atoms with Gasteiger partial charge in [0.1, 0.15) is 5.82 Å². The van der Waals surface area contributed by atoms with E-state index in [-0.39, 0.29) is 34.0 Å². The second-order valence-corrected chi connectivity index (χ2v) is 5.81. The first-order chi connectivity index (χ1) is 12.4. The SMILES string of the molecule is CCOC(=O)C=Cc1cc(N2C(=O)c3ccccc3C2=O)c(F)cc1Cl. The summed E-state index contributed by atoms with van der Waals surface area (Å²) in [4.78, 5) is 37.2. The van der Waals surface area contributed by atoms with Crippen LogP contribution >= 0.6 is 11.6 Å². The number of amides is 2. The summed E-state index contributed by atoms with van der Waals surface area (Å²) in [6, 6.07) is 8.49. The number of nitrogens with zero attached hydrogens (tertiary/aromatic N) is 1. The minimum Gasteiger partial charge on any atom is -0.463 e. The minimum atomic E-state index is -0.821. The van der Waals surface area contributed by atoms with E-state index < -0.39 is 23.6 Å². The van der Waals surface area contributed by atoms with E-state index in [2.05, 4.69) is 0 Å². The van der Waals surface area contributed by atoms with Crippen molar-refractivity contribution in [2.24, 2.45) is 0 Å². The summed E-state index contributed by atoms with van der Waals surface area (Å²) in [7, 11) is 0. The van der Waals surface area contributed by atoms with Crippen LogP contribution in [0.4, 0.5) is 10.1 Å². The lowest BCUT2D eigenvalue weighted by Crippen LogP contribution is -2.30. The number of hydrogen-bond acceptors (Lipinski definition) is 4. The van der Waals surface area contributed by atoms with Crippen molar-refractivity contribution in [3.05, 3.63) is 70.0 Å². The average Bonchev–Trinajstić information content (AvgIpc) is 2.86. The van der Waals surface area contributed by atoms with Crippen molar-refractivity contribution < 1.29 is 23.5 Å². The third-order valence-corrected chi connectivity index (χ3v) is 4.11. The van der Waals surface area contributed by atoms with E-state index in [0.717, 1.165) is 17.0 Å². The van der Waals surface area contributed by atoms with Gasteiger partial charge in [-0.05, 0) is 42.8 Å². The summed E-state index contributed by atoms with van der Waals surface area (Å²) in [5.41, 5.74) is 0.447. The first kappa shape index (κ1) is 17.8. The van der Waals surface area contributed by atoms with Gasteiger partial charge in [0, 0.05) is 6.08 Å². The maximum Gasteiger partial charge on any atom is 0.330 e. The number of carbonyl (C=O) groups excluding carboxylic acids is 3. The molecule has 3 rings (SSSR count). The molecule has 0 N–H and O–H groups in total. The standard InChI is InChI=1S/C19H13ClFNO4/c1-2-26-17(23)8-7-11-9-16(15(21)10-14(11)20)22-18(24)12-5-3-4-6-13(12)19(22)25/h3-10H,2H2,1H3. The van der Waals surface area contributed by atoms with Gasteiger partial charge in [-0.2, -0.15) is 0 Å². The number of carbonyl (C=O) groups is 3. The normalized spacial score (nSPS) is 13.4. The highest BCUT2D eigenvalue weighted by molar-refractivity contribution is 6.35. The fraction of sp³-hybridized carbons (Fsp3) is 0.105. The van der Waals surface area contributed by atoms with Gasteiger partial charge in [0.25, 0.3) is 11.8 Å². The van der Waals surface area contributed by atoms with Crippen LogP contribution in [-0.2, 0) is 9.53 Å². The number of rotatable bonds is 4. The van der Waals surface area contributed by atoms with Crippen LogP contribution in [0.2, 0.25) is 5.02 Å². The van der Waals surface area contributed by atoms with Crippen LogP contribution < -0.4 is 4.90 Å². The minimum absolute atomic E-state index is 0.0309. The van der Waals surface area contributed by atoms with Crippen LogP contribution in [0.15, 0.2) is 42.5 Å². The van der Waals surface area contributed by atoms with Gasteiger partial charge in [0.15, 0.2) is 0 Å². The number of hydrogen-bond donors (Lipinski definition) is 0. The second-order valence-electron chi connectivity index (χ2n) is 5.40. The van der Waals surface area contributed by atoms with Crippen molar-refractivity contribution in [2.75, 3.05) is 11.5 Å². The fourth-order valence-corrected chi connectivity index (χ4v) is 2.82. The van der Waals surface area contributed by atoms with Crippen molar-refractivity contribution in [3.8, 4) is 0 Å². The lowest BCUT2D eigenvalue weighted by atomic mass is 10.1. The zero-order chi connectivity index (χ0) is 18.8. The highest BCUT2D eigenvalue weighted by Gasteiger charge is 2.37. The molecule has 0 aliphatic carbocycles. The Morgan fingerprint density at radius 2 is 1.81 bits per heavy atom. The number of halogens is 2. The third kappa shape index (κ3) is 3.11. The maximum atomic E-state index is 14.4. The summed E-state index contributed by atoms with van der Waals surface area (Å²) < 4.78 is 19.2. The van der Waals surface area contributed by atoms with E-state index in [4.69, 9.17) is 16.3 Å². The first-order valence-corrected chi connectivity index (χ1v) is 8.13. The first-order valence-electron chi connectivity index (χ1n) is 7.75. The molecular formula is C19H13ClFNO4. The molecule has 0 saturated carbocycles. The smallest absolute Gasteiger partial charge is 0.330 e. The predicted octanol–water partition coefficient (Wildman–Crippen LogP) is 3.86. The van der Waals surface area contributed by atoms with E-state index in [1.807, 2.05) is 0 Å². The Hall–Kier alpha value is -2.99. The molecule has 0 bridgehead atoms. The molecule has 2 aromatic rings. The van der Waals surface area contributed by atoms with Gasteiger partial charge < -0.3 is 4.74 Å². The Bertz CT molecular complexity index is 920. The Kier molecular flexibility index (Phi) is 4.86. The summed E-state index contributed by atoms with van der Waals surface area (Å²) in [6.07, 6.45) is 2.47. The molecule has 1 aliphatic heterocycles. The van der Waals surface area contributed by atoms with Gasteiger partial charge in [-0.3, -0.25) is 9.59 Å². The van der Waals surface area contributed by atoms with Crippen molar-refractivity contribution in [1.29, 1.82) is 0 Å². The number of benzene rings is 2. The number of anilines is 1. The van der Waals surface area contributed by atoms with E-state index in [1.165, 1.54) is 24.3 Å². The van der Waals surface area contributed by atoms with Crippen LogP contribution in [0.3, 0.4) is 0 Å². The Morgan fingerprint density at radius 1 is 1.19 bits per heavy atom. The van der Waals surface area contributed by atoms with Gasteiger partial charge in [-0.15, -0.1) is 0 Å². The van der Waals surface area contributed by atoms with Crippen LogP contribution in [0.1, 0.15) is 33.2 Å². The molecule has 1 aliphatic rings. The van der Waals surface area contributed by atoms with Gasteiger partial charge in [-0.1, -0.05) is 23.7 Å². The molecule has 0 unspecified atom stereocenters. The Morgan fingerprint density at radius 3 is 2.38 bits per heavy atom. The molecule has 7 heteroatoms. The fourth-order valence-electron chi connectivity index (χ4n) is 2.61. The van der Waals surface area contributed by atoms with Crippen molar-refractivity contribution in [2.45, 2.75) is 6.92 Å². The molecule has 0 radical (unpaired) electrons. The third-order valence-electron chi connectivity index (χ3n) is 3.79. The number of fused-ring (bicyclic) bond motifs is 1. The lowest BCUT2D eigenvalue weighted by Gasteiger charge is -2.16. The molecule has 0 atom stereocenters. The zero-order valence-electron chi connectivity index (χ0n) is 13.7. The maximum absolute atomic E-state index is 14.4. The molecule has 1 heterocycles. The number of esters is 1. The van der Waals surface area contributed by atoms with E-state index in [9.17, 15) is 18.8 Å². The van der Waals surface area contributed by atoms with Crippen molar-refractivity contribution >= 4 is 41.1 Å². The second kappa shape index (κ2) is 7.09. The van der Waals surface area contributed by atoms with Gasteiger partial charge in [0.05, 0.1) is 28.4 Å². The molecule has 2 aromatic carbocycles. The summed E-state index contributed by atoms with van der Waals surface area (Å²) in [5, 5.41) is 0.0309. The van der Waals surface area contributed by atoms with Crippen LogP contribution in [0.25, 0.3) is 6.08 Å². The zero-order valence-corrected chi connectivity index (χ0v) is 14.4. The van der Waals surface area contributed by atoms with Crippen LogP contribution in [-0.4, -0.2) is 24.4 Å². The summed E-state index contributed by atoms with van der Waals surface area (Å²) >= 11 is 6.00. The molecule has 26 heavy (non-hydrogen) atoms. The predicted molar refractivity (Wildman–Crippen MR) is 94.7 cm³/mol. The largest absolute Gasteiger partial charge is 0.463 e. The van der Waals surface area contributed by atoms with Crippen molar-refractivity contribution in [3.63, 3.8) is 0 Å². The molecule has 0 aromatic heterocycles. The van der Waals surface area contributed by atoms with Crippen LogP contribution in [0.5, 0.6) is 0 Å². The highest BCUT2D eigenvalue weighted by Crippen LogP contribution is 2.33. The molecule has 132 valence electrons. The summed E-state index contributed by atoms with van der Waals surface area (Å²) in [6.45, 7) is 1.87. The Labute approximate surface area is 153 Å². The van der Waals surface area contributed by atoms with E-state index >= 15 is 0 Å². The monoisotopic (exact) mass is 373 g/mol. The average molecular weight is 374 g/mol. The quantitative estimate of drug-likeness (QED) is 0.464. The molecule has 5 nitrogen and oxygen atoms in total. The number of imide groups is 1. The summed E-state index contributed by atoms with van der Waals surface area (Å²) in [5.74, 6) is -2.65. The lowest BCUT2D eigenvalue weighted by molar-refractivity contribution is -0.137. The molecule has 0 spiro atoms. The molecule has 2 amide bonds. The van der Waals surface area contributed by atoms with Gasteiger partial charge >= 0.3 is 5.97 Å². The topological polar surface area (TPSA) is 63.7 Å². The van der Waals surface area contributed by atoms with Gasteiger partial charge in [-0.25, -0.2) is 14.1 Å². The number of ether oxygens (including phenoxy) is 1. The van der Waals surface area contributed by atoms with Crippen LogP contribution in [0, 0.1) is 5.82 Å².